The Morgan fingerprint density at radius 2 is 2.00 bits per heavy atom. The minimum absolute atomic E-state index is 0. The molecule has 0 bridgehead atoms. The lowest BCUT2D eigenvalue weighted by Gasteiger charge is -2.14. The molecule has 0 aliphatic carbocycles. The van der Waals surface area contributed by atoms with E-state index >= 15 is 0 Å². The summed E-state index contributed by atoms with van der Waals surface area (Å²) in [7, 11) is 4.62. The van der Waals surface area contributed by atoms with Crippen LogP contribution >= 0.6 is 12.4 Å². The molecule has 1 aromatic rings. The number of halogens is 1. The second-order valence-electron chi connectivity index (χ2n) is 3.91. The molecule has 1 aromatic carbocycles. The molecule has 0 aromatic heterocycles. The van der Waals surface area contributed by atoms with Gasteiger partial charge < -0.3 is 25.3 Å². The van der Waals surface area contributed by atoms with Gasteiger partial charge in [0, 0.05) is 19.7 Å². The number of nitrogens with two attached hydrogens (primary N) is 1. The van der Waals surface area contributed by atoms with Crippen LogP contribution in [0.1, 0.15) is 6.42 Å². The van der Waals surface area contributed by atoms with Crippen molar-refractivity contribution in [1.82, 2.24) is 0 Å². The van der Waals surface area contributed by atoms with Gasteiger partial charge in [-0.1, -0.05) is 0 Å². The summed E-state index contributed by atoms with van der Waals surface area (Å²) in [6.45, 7) is 0.291. The van der Waals surface area contributed by atoms with Gasteiger partial charge in [0.05, 0.1) is 32.4 Å². The predicted molar refractivity (Wildman–Crippen MR) is 79.9 cm³/mol. The normalized spacial score (nSPS) is 11.2. The zero-order valence-corrected chi connectivity index (χ0v) is 12.7. The van der Waals surface area contributed by atoms with E-state index in [0.717, 1.165) is 0 Å². The topological polar surface area (TPSA) is 82.8 Å². The van der Waals surface area contributed by atoms with Crippen molar-refractivity contribution in [3.8, 4) is 11.5 Å². The molecule has 1 unspecified atom stereocenters. The smallest absolute Gasteiger partial charge is 0.227 e. The maximum Gasteiger partial charge on any atom is 0.227 e. The van der Waals surface area contributed by atoms with Crippen LogP contribution in [-0.4, -0.2) is 39.9 Å². The average molecular weight is 305 g/mol. The number of carbonyl (C=O) groups excluding carboxylic acids is 1. The number of methoxy groups -OCH3 is 3. The molecule has 0 heterocycles. The number of nitrogens with one attached hydrogen (secondary N) is 1. The molecule has 114 valence electrons. The first-order valence-corrected chi connectivity index (χ1v) is 5.89. The zero-order chi connectivity index (χ0) is 14.3. The lowest BCUT2D eigenvalue weighted by atomic mass is 10.2. The molecule has 1 atom stereocenters. The molecule has 0 aliphatic heterocycles. The quantitative estimate of drug-likeness (QED) is 0.796. The largest absolute Gasteiger partial charge is 0.497 e. The molecule has 0 saturated heterocycles. The van der Waals surface area contributed by atoms with Gasteiger partial charge in [0.2, 0.25) is 5.91 Å². The maximum atomic E-state index is 11.9. The monoisotopic (exact) mass is 304 g/mol. The molecule has 7 heteroatoms. The van der Waals surface area contributed by atoms with Crippen LogP contribution in [0, 0.1) is 0 Å². The van der Waals surface area contributed by atoms with Crippen LogP contribution in [0.2, 0.25) is 0 Å². The van der Waals surface area contributed by atoms with Crippen molar-refractivity contribution in [2.75, 3.05) is 33.2 Å². The predicted octanol–water partition coefficient (Wildman–Crippen LogP) is 1.43. The summed E-state index contributed by atoms with van der Waals surface area (Å²) in [6.07, 6.45) is -0.107. The van der Waals surface area contributed by atoms with Crippen LogP contribution in [0.15, 0.2) is 18.2 Å². The van der Waals surface area contributed by atoms with E-state index in [-0.39, 0.29) is 30.8 Å². The molecule has 6 nitrogen and oxygen atoms in total. The van der Waals surface area contributed by atoms with Crippen molar-refractivity contribution in [3.05, 3.63) is 18.2 Å². The van der Waals surface area contributed by atoms with Gasteiger partial charge in [0.15, 0.2) is 0 Å². The van der Waals surface area contributed by atoms with Gasteiger partial charge in [-0.05, 0) is 12.1 Å². The van der Waals surface area contributed by atoms with E-state index in [0.29, 0.717) is 23.7 Å². The van der Waals surface area contributed by atoms with E-state index in [1.54, 1.807) is 25.3 Å². The van der Waals surface area contributed by atoms with Crippen LogP contribution in [0.3, 0.4) is 0 Å². The third kappa shape index (κ3) is 5.24. The van der Waals surface area contributed by atoms with E-state index < -0.39 is 0 Å². The maximum absolute atomic E-state index is 11.9. The standard InChI is InChI=1S/C13H20N2O4.ClH/c1-17-9-4-5-12(19-3)11(6-9)15-13(16)7-10(8-14)18-2;/h4-6,10H,7-8,14H2,1-3H3,(H,15,16);1H. The molecule has 1 amide bonds. The summed E-state index contributed by atoms with van der Waals surface area (Å²) < 4.78 is 15.4. The molecule has 0 fully saturated rings. The van der Waals surface area contributed by atoms with Crippen LogP contribution in [0.5, 0.6) is 11.5 Å². The fourth-order valence-electron chi connectivity index (χ4n) is 1.58. The third-order valence-corrected chi connectivity index (χ3v) is 2.69. The Kier molecular flexibility index (Phi) is 8.71. The highest BCUT2D eigenvalue weighted by molar-refractivity contribution is 5.92. The average Bonchev–Trinajstić information content (AvgIpc) is 2.44. The molecule has 0 radical (unpaired) electrons. The first-order chi connectivity index (χ1) is 9.14. The van der Waals surface area contributed by atoms with E-state index in [1.807, 2.05) is 0 Å². The minimum Gasteiger partial charge on any atom is -0.497 e. The van der Waals surface area contributed by atoms with Gasteiger partial charge in [-0.25, -0.2) is 0 Å². The van der Waals surface area contributed by atoms with Crippen LogP contribution in [-0.2, 0) is 9.53 Å². The third-order valence-electron chi connectivity index (χ3n) is 2.69. The van der Waals surface area contributed by atoms with Crippen molar-refractivity contribution in [3.63, 3.8) is 0 Å². The Labute approximate surface area is 125 Å². The molecule has 0 saturated carbocycles. The van der Waals surface area contributed by atoms with Crippen molar-refractivity contribution in [2.24, 2.45) is 5.73 Å². The van der Waals surface area contributed by atoms with Crippen molar-refractivity contribution in [2.45, 2.75) is 12.5 Å². The first-order valence-electron chi connectivity index (χ1n) is 5.89. The number of carbonyl (C=O) groups is 1. The molecular weight excluding hydrogens is 284 g/mol. The van der Waals surface area contributed by atoms with E-state index in [4.69, 9.17) is 19.9 Å². The SMILES string of the molecule is COc1ccc(OC)c(NC(=O)CC(CN)OC)c1.Cl. The summed E-state index contributed by atoms with van der Waals surface area (Å²) in [4.78, 5) is 11.9. The molecule has 0 aliphatic rings. The molecule has 1 rings (SSSR count). The fourth-order valence-corrected chi connectivity index (χ4v) is 1.58. The number of hydrogen-bond donors (Lipinski definition) is 2. The number of anilines is 1. The highest BCUT2D eigenvalue weighted by Crippen LogP contribution is 2.28. The Bertz CT molecular complexity index is 425. The van der Waals surface area contributed by atoms with Gasteiger partial charge in [0.1, 0.15) is 11.5 Å². The van der Waals surface area contributed by atoms with E-state index in [9.17, 15) is 4.79 Å². The van der Waals surface area contributed by atoms with Crippen molar-refractivity contribution < 1.29 is 19.0 Å². The van der Waals surface area contributed by atoms with E-state index in [1.165, 1.54) is 14.2 Å². The number of hydrogen-bond acceptors (Lipinski definition) is 5. The highest BCUT2D eigenvalue weighted by atomic mass is 35.5. The second-order valence-corrected chi connectivity index (χ2v) is 3.91. The number of benzene rings is 1. The van der Waals surface area contributed by atoms with Gasteiger partial charge in [-0.2, -0.15) is 0 Å². The van der Waals surface area contributed by atoms with Crippen LogP contribution < -0.4 is 20.5 Å². The Morgan fingerprint density at radius 3 is 2.50 bits per heavy atom. The summed E-state index contributed by atoms with van der Waals surface area (Å²) in [6, 6.07) is 5.18. The Balaban J connectivity index is 0.00000361. The van der Waals surface area contributed by atoms with Gasteiger partial charge in [-0.3, -0.25) is 4.79 Å². The van der Waals surface area contributed by atoms with Gasteiger partial charge in [0.25, 0.3) is 0 Å². The lowest BCUT2D eigenvalue weighted by molar-refractivity contribution is -0.118. The molecule has 3 N–H and O–H groups in total. The number of rotatable bonds is 7. The van der Waals surface area contributed by atoms with Crippen molar-refractivity contribution in [1.29, 1.82) is 0 Å². The highest BCUT2D eigenvalue weighted by Gasteiger charge is 2.14. The molecular formula is C13H21ClN2O4. The summed E-state index contributed by atoms with van der Waals surface area (Å²) in [5.41, 5.74) is 6.03. The lowest BCUT2D eigenvalue weighted by Crippen LogP contribution is -2.28. The van der Waals surface area contributed by atoms with Crippen LogP contribution in [0.4, 0.5) is 5.69 Å². The number of ether oxygens (including phenoxy) is 3. The summed E-state index contributed by atoms with van der Waals surface area (Å²) in [5, 5.41) is 2.76. The minimum atomic E-state index is -0.295. The summed E-state index contributed by atoms with van der Waals surface area (Å²) >= 11 is 0. The van der Waals surface area contributed by atoms with Gasteiger partial charge in [-0.15, -0.1) is 12.4 Å². The fraction of sp³-hybridized carbons (Fsp3) is 0.462. The summed E-state index contributed by atoms with van der Waals surface area (Å²) in [5.74, 6) is 1.01. The van der Waals surface area contributed by atoms with E-state index in [2.05, 4.69) is 5.32 Å². The molecule has 20 heavy (non-hydrogen) atoms. The Morgan fingerprint density at radius 1 is 1.30 bits per heavy atom. The second kappa shape index (κ2) is 9.41. The first kappa shape index (κ1) is 18.5. The molecule has 0 spiro atoms. The zero-order valence-electron chi connectivity index (χ0n) is 11.8. The van der Waals surface area contributed by atoms with Crippen molar-refractivity contribution >= 4 is 24.0 Å². The van der Waals surface area contributed by atoms with Gasteiger partial charge >= 0.3 is 0 Å². The number of amides is 1. The van der Waals surface area contributed by atoms with Crippen LogP contribution in [0.25, 0.3) is 0 Å². The Hall–Kier alpha value is -1.50.